The number of carbonyl (C=O) groups is 2. The average molecular weight is 420 g/mol. The Morgan fingerprint density at radius 3 is 2.19 bits per heavy atom. The maximum Gasteiger partial charge on any atom is 0.226 e. The van der Waals surface area contributed by atoms with Crippen molar-refractivity contribution in [3.8, 4) is 11.1 Å². The first kappa shape index (κ1) is 21.5. The van der Waals surface area contributed by atoms with E-state index >= 15 is 0 Å². The predicted molar refractivity (Wildman–Crippen MR) is 122 cm³/mol. The molecule has 2 atom stereocenters. The average Bonchev–Trinajstić information content (AvgIpc) is 3.51. The molecule has 2 aromatic rings. The minimum atomic E-state index is -0.464. The zero-order chi connectivity index (χ0) is 22.0. The van der Waals surface area contributed by atoms with Gasteiger partial charge in [-0.05, 0) is 74.3 Å². The molecule has 0 radical (unpaired) electrons. The van der Waals surface area contributed by atoms with Gasteiger partial charge in [-0.2, -0.15) is 0 Å². The molecular weight excluding hydrogens is 386 g/mol. The number of hydrogen-bond acceptors (Lipinski definition) is 3. The van der Waals surface area contributed by atoms with E-state index in [1.165, 1.54) is 0 Å². The molecule has 1 N–H and O–H groups in total. The summed E-state index contributed by atoms with van der Waals surface area (Å²) in [6, 6.07) is 12.6. The van der Waals surface area contributed by atoms with Gasteiger partial charge in [0.2, 0.25) is 11.8 Å². The Labute approximate surface area is 185 Å². The van der Waals surface area contributed by atoms with Crippen molar-refractivity contribution in [3.63, 3.8) is 0 Å². The van der Waals surface area contributed by atoms with Gasteiger partial charge in [-0.25, -0.2) is 0 Å². The van der Waals surface area contributed by atoms with Crippen LogP contribution in [0.4, 0.5) is 0 Å². The van der Waals surface area contributed by atoms with Gasteiger partial charge in [0.15, 0.2) is 0 Å². The maximum absolute atomic E-state index is 13.3. The minimum absolute atomic E-state index is 0.102. The molecule has 1 aliphatic carbocycles. The minimum Gasteiger partial charge on any atom is -0.353 e. The first-order valence-corrected chi connectivity index (χ1v) is 11.5. The molecule has 5 nitrogen and oxygen atoms in total. The van der Waals surface area contributed by atoms with Gasteiger partial charge in [0.25, 0.3) is 0 Å². The first-order valence-electron chi connectivity index (χ1n) is 11.5. The van der Waals surface area contributed by atoms with Crippen LogP contribution in [0.3, 0.4) is 0 Å². The molecule has 0 bridgehead atoms. The molecule has 1 saturated heterocycles. The summed E-state index contributed by atoms with van der Waals surface area (Å²) >= 11 is 0. The van der Waals surface area contributed by atoms with Gasteiger partial charge >= 0.3 is 0 Å². The standard InChI is InChI=1S/C26H33N3O2/c1-18(2)28-25(31)26(10-14-29(15-11-26)24(30)23-16-19(23)3)17-20-4-6-21(7-5-20)22-8-12-27-13-9-22/h4-9,12-13,18-19,23H,10-11,14-17H2,1-3H3,(H,28,31). The summed E-state index contributed by atoms with van der Waals surface area (Å²) in [6.07, 6.45) is 6.73. The molecule has 1 aliphatic heterocycles. The summed E-state index contributed by atoms with van der Waals surface area (Å²) in [5.74, 6) is 1.12. The Morgan fingerprint density at radius 2 is 1.65 bits per heavy atom. The molecule has 31 heavy (non-hydrogen) atoms. The van der Waals surface area contributed by atoms with Crippen LogP contribution in [0.25, 0.3) is 11.1 Å². The molecule has 1 aromatic carbocycles. The van der Waals surface area contributed by atoms with E-state index < -0.39 is 5.41 Å². The third kappa shape index (κ3) is 4.81. The second-order valence-electron chi connectivity index (χ2n) is 9.66. The number of rotatable bonds is 6. The molecule has 2 aliphatic rings. The topological polar surface area (TPSA) is 62.3 Å². The van der Waals surface area contributed by atoms with E-state index in [4.69, 9.17) is 0 Å². The third-order valence-electron chi connectivity index (χ3n) is 6.87. The lowest BCUT2D eigenvalue weighted by Crippen LogP contribution is -2.52. The van der Waals surface area contributed by atoms with E-state index in [-0.39, 0.29) is 23.8 Å². The summed E-state index contributed by atoms with van der Waals surface area (Å²) in [6.45, 7) is 7.48. The number of carbonyl (C=O) groups excluding carboxylic acids is 2. The summed E-state index contributed by atoms with van der Waals surface area (Å²) < 4.78 is 0. The zero-order valence-corrected chi connectivity index (χ0v) is 18.8. The van der Waals surface area contributed by atoms with Crippen molar-refractivity contribution in [2.75, 3.05) is 13.1 Å². The van der Waals surface area contributed by atoms with Crippen LogP contribution in [0.1, 0.15) is 45.6 Å². The molecule has 2 fully saturated rings. The highest BCUT2D eigenvalue weighted by atomic mass is 16.2. The van der Waals surface area contributed by atoms with E-state index in [1.807, 2.05) is 30.9 Å². The number of aromatic nitrogens is 1. The van der Waals surface area contributed by atoms with Crippen molar-refractivity contribution < 1.29 is 9.59 Å². The maximum atomic E-state index is 13.3. The fourth-order valence-electron chi connectivity index (χ4n) is 4.71. The van der Waals surface area contributed by atoms with E-state index in [9.17, 15) is 9.59 Å². The quantitative estimate of drug-likeness (QED) is 0.767. The van der Waals surface area contributed by atoms with E-state index in [1.54, 1.807) is 12.4 Å². The van der Waals surface area contributed by atoms with Gasteiger partial charge in [0.1, 0.15) is 0 Å². The van der Waals surface area contributed by atoms with Crippen LogP contribution in [-0.2, 0) is 16.0 Å². The van der Waals surface area contributed by atoms with Gasteiger partial charge < -0.3 is 10.2 Å². The van der Waals surface area contributed by atoms with Crippen molar-refractivity contribution in [1.82, 2.24) is 15.2 Å². The van der Waals surface area contributed by atoms with E-state index in [0.717, 1.165) is 23.1 Å². The van der Waals surface area contributed by atoms with Crippen molar-refractivity contribution >= 4 is 11.8 Å². The number of nitrogens with zero attached hydrogens (tertiary/aromatic N) is 2. The number of amides is 2. The van der Waals surface area contributed by atoms with Crippen molar-refractivity contribution in [2.45, 2.75) is 52.5 Å². The molecular formula is C26H33N3O2. The van der Waals surface area contributed by atoms with Crippen LogP contribution < -0.4 is 5.32 Å². The smallest absolute Gasteiger partial charge is 0.226 e. The fraction of sp³-hybridized carbons (Fsp3) is 0.500. The van der Waals surface area contributed by atoms with Crippen LogP contribution in [0.5, 0.6) is 0 Å². The van der Waals surface area contributed by atoms with Gasteiger partial charge in [-0.1, -0.05) is 31.2 Å². The summed E-state index contributed by atoms with van der Waals surface area (Å²) in [4.78, 5) is 32.0. The molecule has 2 amide bonds. The normalized spacial score (nSPS) is 22.3. The van der Waals surface area contributed by atoms with Gasteiger partial charge in [-0.3, -0.25) is 14.6 Å². The Morgan fingerprint density at radius 1 is 1.06 bits per heavy atom. The molecule has 5 heteroatoms. The lowest BCUT2D eigenvalue weighted by Gasteiger charge is -2.41. The predicted octanol–water partition coefficient (Wildman–Crippen LogP) is 4.08. The zero-order valence-electron chi connectivity index (χ0n) is 18.8. The lowest BCUT2D eigenvalue weighted by molar-refractivity contribution is -0.141. The second-order valence-corrected chi connectivity index (χ2v) is 9.66. The van der Waals surface area contributed by atoms with Gasteiger partial charge in [-0.15, -0.1) is 0 Å². The molecule has 2 unspecified atom stereocenters. The lowest BCUT2D eigenvalue weighted by atomic mass is 9.72. The number of benzene rings is 1. The molecule has 1 saturated carbocycles. The van der Waals surface area contributed by atoms with Gasteiger partial charge in [0.05, 0.1) is 5.41 Å². The third-order valence-corrected chi connectivity index (χ3v) is 6.87. The summed E-state index contributed by atoms with van der Waals surface area (Å²) in [5.41, 5.74) is 2.97. The Kier molecular flexibility index (Phi) is 6.12. The number of pyridine rings is 1. The highest BCUT2D eigenvalue weighted by Crippen LogP contribution is 2.42. The number of nitrogens with one attached hydrogen (secondary N) is 1. The van der Waals surface area contributed by atoms with Crippen LogP contribution in [0.2, 0.25) is 0 Å². The van der Waals surface area contributed by atoms with Crippen LogP contribution in [0.15, 0.2) is 48.8 Å². The molecule has 1 aromatic heterocycles. The first-order chi connectivity index (χ1) is 14.9. The fourth-order valence-corrected chi connectivity index (χ4v) is 4.71. The molecule has 2 heterocycles. The summed E-state index contributed by atoms with van der Waals surface area (Å²) in [5, 5.41) is 3.15. The largest absolute Gasteiger partial charge is 0.353 e. The van der Waals surface area contributed by atoms with Crippen molar-refractivity contribution in [1.29, 1.82) is 0 Å². The molecule has 164 valence electrons. The van der Waals surface area contributed by atoms with Crippen molar-refractivity contribution in [2.24, 2.45) is 17.3 Å². The molecule has 4 rings (SSSR count). The second kappa shape index (κ2) is 8.81. The van der Waals surface area contributed by atoms with Crippen LogP contribution >= 0.6 is 0 Å². The number of likely N-dealkylation sites (tertiary alicyclic amines) is 1. The van der Waals surface area contributed by atoms with E-state index in [0.29, 0.717) is 38.3 Å². The number of piperidine rings is 1. The Bertz CT molecular complexity index is 915. The van der Waals surface area contributed by atoms with E-state index in [2.05, 4.69) is 41.5 Å². The Balaban J connectivity index is 1.49. The molecule has 0 spiro atoms. The Hall–Kier alpha value is -2.69. The monoisotopic (exact) mass is 419 g/mol. The SMILES string of the molecule is CC(C)NC(=O)C1(Cc2ccc(-c3ccncc3)cc2)CCN(C(=O)C2CC2C)CC1. The highest BCUT2D eigenvalue weighted by molar-refractivity contribution is 5.85. The highest BCUT2D eigenvalue weighted by Gasteiger charge is 2.46. The van der Waals surface area contributed by atoms with Crippen LogP contribution in [-0.4, -0.2) is 40.8 Å². The van der Waals surface area contributed by atoms with Gasteiger partial charge in [0, 0.05) is 37.4 Å². The summed E-state index contributed by atoms with van der Waals surface area (Å²) in [7, 11) is 0. The number of hydrogen-bond donors (Lipinski definition) is 1. The van der Waals surface area contributed by atoms with Crippen LogP contribution in [0, 0.1) is 17.3 Å². The van der Waals surface area contributed by atoms with Crippen molar-refractivity contribution in [3.05, 3.63) is 54.4 Å².